The molecule has 0 fully saturated rings. The van der Waals surface area contributed by atoms with Gasteiger partial charge >= 0.3 is 0 Å². The van der Waals surface area contributed by atoms with Gasteiger partial charge in [0, 0.05) is 36.5 Å². The normalized spacial score (nSPS) is 11.1. The Kier molecular flexibility index (Phi) is 5.68. The third kappa shape index (κ3) is 4.29. The summed E-state index contributed by atoms with van der Waals surface area (Å²) in [5.74, 6) is 0.699. The molecule has 2 aromatic heterocycles. The van der Waals surface area contributed by atoms with Crippen molar-refractivity contribution in [2.75, 3.05) is 6.54 Å². The predicted octanol–water partition coefficient (Wildman–Crippen LogP) is 3.20. The maximum absolute atomic E-state index is 12.2. The maximum Gasteiger partial charge on any atom is 0.251 e. The molecule has 0 spiro atoms. The minimum atomic E-state index is -0.0969. The lowest BCUT2D eigenvalue weighted by Crippen LogP contribution is -2.25. The van der Waals surface area contributed by atoms with E-state index in [4.69, 9.17) is 11.6 Å². The third-order valence-electron chi connectivity index (χ3n) is 3.92. The second-order valence-corrected chi connectivity index (χ2v) is 6.67. The Balaban J connectivity index is 1.54. The first kappa shape index (κ1) is 18.1. The minimum Gasteiger partial charge on any atom is -0.352 e. The van der Waals surface area contributed by atoms with Crippen molar-refractivity contribution >= 4 is 17.5 Å². The molecule has 1 aromatic carbocycles. The largest absolute Gasteiger partial charge is 0.352 e. The van der Waals surface area contributed by atoms with E-state index in [-0.39, 0.29) is 11.9 Å². The fourth-order valence-corrected chi connectivity index (χ4v) is 2.77. The molecule has 1 amide bonds. The fraction of sp³-hybridized carbons (Fsp3) is 0.333. The number of hydrogen-bond donors (Lipinski definition) is 1. The van der Waals surface area contributed by atoms with E-state index in [0.29, 0.717) is 23.7 Å². The van der Waals surface area contributed by atoms with Crippen LogP contribution in [0.3, 0.4) is 0 Å². The van der Waals surface area contributed by atoms with Gasteiger partial charge in [-0.25, -0.2) is 9.67 Å². The summed E-state index contributed by atoms with van der Waals surface area (Å²) in [6, 6.07) is 7.61. The van der Waals surface area contributed by atoms with Crippen molar-refractivity contribution < 1.29 is 4.79 Å². The van der Waals surface area contributed by atoms with Crippen LogP contribution in [0.15, 0.2) is 43.0 Å². The third-order valence-corrected chi connectivity index (χ3v) is 4.11. The molecule has 0 aliphatic rings. The summed E-state index contributed by atoms with van der Waals surface area (Å²) in [5.41, 5.74) is 1.55. The molecule has 136 valence electrons. The van der Waals surface area contributed by atoms with E-state index < -0.39 is 0 Å². The van der Waals surface area contributed by atoms with E-state index in [9.17, 15) is 4.79 Å². The Morgan fingerprint density at radius 1 is 1.23 bits per heavy atom. The van der Waals surface area contributed by atoms with Crippen LogP contribution in [-0.4, -0.2) is 37.0 Å². The Morgan fingerprint density at radius 2 is 2.00 bits per heavy atom. The molecule has 0 atom stereocenters. The van der Waals surface area contributed by atoms with Gasteiger partial charge in [-0.3, -0.25) is 9.48 Å². The van der Waals surface area contributed by atoms with Crippen molar-refractivity contribution in [2.45, 2.75) is 32.9 Å². The standard InChI is InChI=1S/C18H21ClN6O/c1-13(2)25-17(21-12-23-25)14-4-6-15(7-5-14)18(26)20-8-3-9-24-11-16(19)10-22-24/h4-7,10-13H,3,8-9H2,1-2H3,(H,20,26). The summed E-state index contributed by atoms with van der Waals surface area (Å²) in [6.07, 6.45) is 5.68. The van der Waals surface area contributed by atoms with Gasteiger partial charge in [0.25, 0.3) is 5.91 Å². The zero-order valence-electron chi connectivity index (χ0n) is 14.8. The van der Waals surface area contributed by atoms with E-state index in [2.05, 4.69) is 34.3 Å². The van der Waals surface area contributed by atoms with Crippen molar-refractivity contribution in [3.63, 3.8) is 0 Å². The minimum absolute atomic E-state index is 0.0969. The molecule has 1 N–H and O–H groups in total. The predicted molar refractivity (Wildman–Crippen MR) is 100 cm³/mol. The molecule has 3 aromatic rings. The lowest BCUT2D eigenvalue weighted by atomic mass is 10.1. The molecular weight excluding hydrogens is 352 g/mol. The number of aryl methyl sites for hydroxylation is 1. The molecular formula is C18H21ClN6O. The number of carbonyl (C=O) groups is 1. The number of carbonyl (C=O) groups excluding carboxylic acids is 1. The lowest BCUT2D eigenvalue weighted by Gasteiger charge is -2.10. The smallest absolute Gasteiger partial charge is 0.251 e. The van der Waals surface area contributed by atoms with E-state index in [1.165, 1.54) is 0 Å². The zero-order chi connectivity index (χ0) is 18.5. The van der Waals surface area contributed by atoms with Crippen LogP contribution in [-0.2, 0) is 6.54 Å². The van der Waals surface area contributed by atoms with E-state index in [1.807, 2.05) is 16.8 Å². The van der Waals surface area contributed by atoms with Crippen LogP contribution < -0.4 is 5.32 Å². The summed E-state index contributed by atoms with van der Waals surface area (Å²) in [6.45, 7) is 5.38. The van der Waals surface area contributed by atoms with Gasteiger partial charge < -0.3 is 5.32 Å². The topological polar surface area (TPSA) is 77.6 Å². The van der Waals surface area contributed by atoms with Crippen molar-refractivity contribution in [1.29, 1.82) is 0 Å². The lowest BCUT2D eigenvalue weighted by molar-refractivity contribution is 0.0952. The Morgan fingerprint density at radius 3 is 2.65 bits per heavy atom. The fourth-order valence-electron chi connectivity index (χ4n) is 2.61. The molecule has 2 heterocycles. The molecule has 0 aliphatic heterocycles. The number of nitrogens with zero attached hydrogens (tertiary/aromatic N) is 5. The van der Waals surface area contributed by atoms with Gasteiger partial charge in [0.15, 0.2) is 5.82 Å². The Labute approximate surface area is 157 Å². The van der Waals surface area contributed by atoms with Crippen LogP contribution in [0.4, 0.5) is 0 Å². The molecule has 26 heavy (non-hydrogen) atoms. The van der Waals surface area contributed by atoms with Crippen LogP contribution in [0.1, 0.15) is 36.7 Å². The molecule has 8 heteroatoms. The SMILES string of the molecule is CC(C)n1ncnc1-c1ccc(C(=O)NCCCn2cc(Cl)cn2)cc1. The number of nitrogens with one attached hydrogen (secondary N) is 1. The Bertz CT molecular complexity index is 868. The second kappa shape index (κ2) is 8.14. The number of amides is 1. The molecule has 0 radical (unpaired) electrons. The molecule has 0 aliphatic carbocycles. The molecule has 0 bridgehead atoms. The summed E-state index contributed by atoms with van der Waals surface area (Å²) in [5, 5.41) is 11.9. The van der Waals surface area contributed by atoms with Crippen molar-refractivity contribution in [3.05, 3.63) is 53.6 Å². The Hall–Kier alpha value is -2.67. The summed E-state index contributed by atoms with van der Waals surface area (Å²) in [4.78, 5) is 16.6. The van der Waals surface area contributed by atoms with Gasteiger partial charge in [-0.1, -0.05) is 23.7 Å². The average Bonchev–Trinajstić information content (AvgIpc) is 3.28. The van der Waals surface area contributed by atoms with Gasteiger partial charge in [-0.15, -0.1) is 0 Å². The van der Waals surface area contributed by atoms with Crippen molar-refractivity contribution in [1.82, 2.24) is 29.9 Å². The monoisotopic (exact) mass is 372 g/mol. The molecule has 0 saturated carbocycles. The number of rotatable bonds is 7. The van der Waals surface area contributed by atoms with Gasteiger partial charge in [0.2, 0.25) is 0 Å². The molecule has 0 unspecified atom stereocenters. The van der Waals surface area contributed by atoms with Gasteiger partial charge in [-0.05, 0) is 32.4 Å². The quantitative estimate of drug-likeness (QED) is 0.646. The first-order chi connectivity index (χ1) is 12.5. The highest BCUT2D eigenvalue weighted by Crippen LogP contribution is 2.20. The zero-order valence-corrected chi connectivity index (χ0v) is 15.5. The highest BCUT2D eigenvalue weighted by atomic mass is 35.5. The first-order valence-corrected chi connectivity index (χ1v) is 8.88. The van der Waals surface area contributed by atoms with Crippen LogP contribution in [0, 0.1) is 0 Å². The number of halogens is 1. The first-order valence-electron chi connectivity index (χ1n) is 8.50. The number of aromatic nitrogens is 5. The second-order valence-electron chi connectivity index (χ2n) is 6.23. The highest BCUT2D eigenvalue weighted by molar-refractivity contribution is 6.30. The summed E-state index contributed by atoms with van der Waals surface area (Å²) >= 11 is 5.82. The molecule has 3 rings (SSSR count). The maximum atomic E-state index is 12.2. The highest BCUT2D eigenvalue weighted by Gasteiger charge is 2.11. The van der Waals surface area contributed by atoms with Crippen molar-refractivity contribution in [2.24, 2.45) is 0 Å². The van der Waals surface area contributed by atoms with E-state index in [1.54, 1.807) is 35.5 Å². The van der Waals surface area contributed by atoms with E-state index in [0.717, 1.165) is 17.8 Å². The number of hydrogen-bond acceptors (Lipinski definition) is 4. The van der Waals surface area contributed by atoms with Crippen LogP contribution in [0.2, 0.25) is 5.02 Å². The number of benzene rings is 1. The summed E-state index contributed by atoms with van der Waals surface area (Å²) in [7, 11) is 0. The molecule has 0 saturated heterocycles. The summed E-state index contributed by atoms with van der Waals surface area (Å²) < 4.78 is 3.62. The van der Waals surface area contributed by atoms with Crippen LogP contribution in [0.5, 0.6) is 0 Å². The molecule has 7 nitrogen and oxygen atoms in total. The van der Waals surface area contributed by atoms with Gasteiger partial charge in [0.1, 0.15) is 6.33 Å². The van der Waals surface area contributed by atoms with E-state index >= 15 is 0 Å². The van der Waals surface area contributed by atoms with Gasteiger partial charge in [-0.2, -0.15) is 10.2 Å². The van der Waals surface area contributed by atoms with Crippen LogP contribution >= 0.6 is 11.6 Å². The van der Waals surface area contributed by atoms with Crippen LogP contribution in [0.25, 0.3) is 11.4 Å². The van der Waals surface area contributed by atoms with Crippen molar-refractivity contribution in [3.8, 4) is 11.4 Å². The van der Waals surface area contributed by atoms with Gasteiger partial charge in [0.05, 0.1) is 11.2 Å². The average molecular weight is 373 g/mol.